The molecule has 0 nitrogen and oxygen atoms in total. The number of hydrogen-bond acceptors (Lipinski definition) is 0. The molecule has 0 unspecified atom stereocenters. The molecule has 0 heterocycles. The molecule has 0 radical (unpaired) electrons. The summed E-state index contributed by atoms with van der Waals surface area (Å²) in [4.78, 5) is 0. The van der Waals surface area contributed by atoms with Crippen LogP contribution in [-0.2, 0) is 20.8 Å². The van der Waals surface area contributed by atoms with E-state index in [2.05, 4.69) is 26.0 Å². The number of allylic oxidation sites excluding steroid dienone is 4. The second-order valence-electron chi connectivity index (χ2n) is 2.27. The van der Waals surface area contributed by atoms with Crippen molar-refractivity contribution in [3.05, 3.63) is 23.3 Å². The van der Waals surface area contributed by atoms with Crippen LogP contribution in [0.5, 0.6) is 0 Å². The maximum absolute atomic E-state index is 4.93. The molecule has 0 fully saturated rings. The molecule has 0 amide bonds. The summed E-state index contributed by atoms with van der Waals surface area (Å²) in [7, 11) is 9.87. The molecule has 0 saturated heterocycles. The Balaban J connectivity index is 0.000000236. The number of hydrogen-bond donors (Lipinski definition) is 0. The van der Waals surface area contributed by atoms with Gasteiger partial charge in [-0.1, -0.05) is 23.3 Å². The van der Waals surface area contributed by atoms with Crippen LogP contribution in [0.1, 0.15) is 20.3 Å². The fraction of sp³-hybridized carbons (Fsp3) is 0.429. The SMILES string of the molecule is CC1=CC=C(C)C1.[Cl][Zr][Cl]. The van der Waals surface area contributed by atoms with E-state index in [1.165, 1.54) is 17.6 Å². The van der Waals surface area contributed by atoms with Crippen molar-refractivity contribution in [3.8, 4) is 0 Å². The van der Waals surface area contributed by atoms with Gasteiger partial charge in [0.25, 0.3) is 0 Å². The van der Waals surface area contributed by atoms with Gasteiger partial charge < -0.3 is 0 Å². The van der Waals surface area contributed by atoms with Crippen molar-refractivity contribution in [2.45, 2.75) is 20.3 Å². The van der Waals surface area contributed by atoms with E-state index >= 15 is 0 Å². The monoisotopic (exact) mass is 254 g/mol. The van der Waals surface area contributed by atoms with Crippen molar-refractivity contribution >= 4 is 17.0 Å². The van der Waals surface area contributed by atoms with E-state index in [1.54, 1.807) is 0 Å². The Hall–Kier alpha value is 0.943. The van der Waals surface area contributed by atoms with Gasteiger partial charge in [-0.15, -0.1) is 0 Å². The summed E-state index contributed by atoms with van der Waals surface area (Å²) in [5.41, 5.74) is 2.97. The molecule has 0 N–H and O–H groups in total. The van der Waals surface area contributed by atoms with Gasteiger partial charge in [-0.3, -0.25) is 0 Å². The molecule has 10 heavy (non-hydrogen) atoms. The van der Waals surface area contributed by atoms with Gasteiger partial charge in [-0.2, -0.15) is 0 Å². The molecule has 0 bridgehead atoms. The van der Waals surface area contributed by atoms with Gasteiger partial charge in [-0.05, 0) is 20.3 Å². The van der Waals surface area contributed by atoms with Gasteiger partial charge in [-0.25, -0.2) is 0 Å². The molecule has 56 valence electrons. The van der Waals surface area contributed by atoms with Crippen molar-refractivity contribution in [1.29, 1.82) is 0 Å². The van der Waals surface area contributed by atoms with Crippen molar-refractivity contribution in [3.63, 3.8) is 0 Å². The van der Waals surface area contributed by atoms with Crippen LogP contribution >= 0.6 is 17.0 Å². The van der Waals surface area contributed by atoms with Crippen LogP contribution in [0.2, 0.25) is 0 Å². The summed E-state index contributed by atoms with van der Waals surface area (Å²) in [6, 6.07) is 0. The molecule has 0 atom stereocenters. The summed E-state index contributed by atoms with van der Waals surface area (Å²) in [6.07, 6.45) is 5.55. The first-order valence-corrected chi connectivity index (χ1v) is 9.33. The van der Waals surface area contributed by atoms with Crippen LogP contribution in [-0.4, -0.2) is 0 Å². The molecule has 3 heteroatoms. The third kappa shape index (κ3) is 5.71. The van der Waals surface area contributed by atoms with Gasteiger partial charge in [0, 0.05) is 0 Å². The third-order valence-electron chi connectivity index (χ3n) is 1.21. The first-order chi connectivity index (χ1) is 4.70. The van der Waals surface area contributed by atoms with Crippen LogP contribution in [0.3, 0.4) is 0 Å². The summed E-state index contributed by atoms with van der Waals surface area (Å²) >= 11 is -0.826. The van der Waals surface area contributed by atoms with E-state index in [1.807, 2.05) is 0 Å². The number of halogens is 2. The molecule has 0 saturated carbocycles. The topological polar surface area (TPSA) is 0 Å². The quantitative estimate of drug-likeness (QED) is 0.620. The fourth-order valence-corrected chi connectivity index (χ4v) is 0.842. The average Bonchev–Trinajstić information content (AvgIpc) is 2.17. The average molecular weight is 256 g/mol. The molecule has 0 aromatic rings. The zero-order valence-corrected chi connectivity index (χ0v) is 10.1. The van der Waals surface area contributed by atoms with E-state index in [0.29, 0.717) is 0 Å². The molecular weight excluding hydrogens is 246 g/mol. The molecule has 0 spiro atoms. The predicted octanol–water partition coefficient (Wildman–Crippen LogP) is 3.66. The first kappa shape index (κ1) is 10.9. The normalized spacial score (nSPS) is 14.8. The van der Waals surface area contributed by atoms with E-state index in [-0.39, 0.29) is 0 Å². The van der Waals surface area contributed by atoms with Gasteiger partial charge in [0.2, 0.25) is 0 Å². The second kappa shape index (κ2) is 6.64. The Bertz CT molecular complexity index is 134. The predicted molar refractivity (Wildman–Crippen MR) is 43.8 cm³/mol. The summed E-state index contributed by atoms with van der Waals surface area (Å²) < 4.78 is 0. The summed E-state index contributed by atoms with van der Waals surface area (Å²) in [5.74, 6) is 0. The van der Waals surface area contributed by atoms with Crippen LogP contribution in [0.15, 0.2) is 23.3 Å². The zero-order valence-electron chi connectivity index (χ0n) is 6.12. The van der Waals surface area contributed by atoms with Gasteiger partial charge >= 0.3 is 37.9 Å². The minimum absolute atomic E-state index is 0.826. The van der Waals surface area contributed by atoms with E-state index in [0.717, 1.165) is 0 Å². The molecule has 0 aromatic carbocycles. The van der Waals surface area contributed by atoms with Crippen molar-refractivity contribution in [1.82, 2.24) is 0 Å². The third-order valence-corrected chi connectivity index (χ3v) is 1.21. The Labute approximate surface area is 81.0 Å². The fourth-order valence-electron chi connectivity index (χ4n) is 0.842. The van der Waals surface area contributed by atoms with Crippen molar-refractivity contribution in [2.75, 3.05) is 0 Å². The van der Waals surface area contributed by atoms with Crippen LogP contribution in [0.25, 0.3) is 0 Å². The van der Waals surface area contributed by atoms with Crippen LogP contribution < -0.4 is 0 Å². The van der Waals surface area contributed by atoms with Gasteiger partial charge in [0.1, 0.15) is 0 Å². The van der Waals surface area contributed by atoms with Crippen molar-refractivity contribution in [2.24, 2.45) is 0 Å². The van der Waals surface area contributed by atoms with Crippen LogP contribution in [0.4, 0.5) is 0 Å². The van der Waals surface area contributed by atoms with Crippen LogP contribution in [0, 0.1) is 0 Å². The van der Waals surface area contributed by atoms with E-state index in [4.69, 9.17) is 17.0 Å². The zero-order chi connectivity index (χ0) is 7.98. The van der Waals surface area contributed by atoms with E-state index < -0.39 is 20.8 Å². The Morgan fingerprint density at radius 3 is 1.60 bits per heavy atom. The van der Waals surface area contributed by atoms with Crippen molar-refractivity contribution < 1.29 is 20.8 Å². The number of rotatable bonds is 0. The standard InChI is InChI=1S/C7H10.2ClH.Zr/c1-6-3-4-7(2)5-6;;;/h3-4H,5H2,1-2H3;2*1H;/q;;;+2/p-2. The Morgan fingerprint density at radius 2 is 1.50 bits per heavy atom. The molecule has 1 aliphatic rings. The summed E-state index contributed by atoms with van der Waals surface area (Å²) in [6.45, 7) is 4.32. The second-order valence-corrected chi connectivity index (χ2v) is 6.01. The van der Waals surface area contributed by atoms with Gasteiger partial charge in [0.15, 0.2) is 0 Å². The molecule has 0 aliphatic heterocycles. The maximum atomic E-state index is 4.93. The van der Waals surface area contributed by atoms with E-state index in [9.17, 15) is 0 Å². The van der Waals surface area contributed by atoms with Gasteiger partial charge in [0.05, 0.1) is 0 Å². The molecule has 1 rings (SSSR count). The minimum atomic E-state index is -0.826. The molecule has 0 aromatic heterocycles. The Morgan fingerprint density at radius 1 is 1.20 bits per heavy atom. The first-order valence-electron chi connectivity index (χ1n) is 3.00. The summed E-state index contributed by atoms with van der Waals surface area (Å²) in [5, 5.41) is 0. The molecular formula is C7H10Cl2Zr. The molecule has 1 aliphatic carbocycles. The Kier molecular flexibility index (Phi) is 7.27.